The summed E-state index contributed by atoms with van der Waals surface area (Å²) in [5, 5.41) is 0. The van der Waals surface area contributed by atoms with Crippen LogP contribution in [0, 0.1) is 6.92 Å². The number of sulfonamides is 1. The van der Waals surface area contributed by atoms with Crippen LogP contribution in [0.2, 0.25) is 4.47 Å². The van der Waals surface area contributed by atoms with Gasteiger partial charge in [-0.15, -0.1) is 11.3 Å². The third kappa shape index (κ3) is 3.99. The first kappa shape index (κ1) is 15.4. The molecule has 1 N–H and O–H groups in total. The van der Waals surface area contributed by atoms with Crippen LogP contribution in [0.4, 0.5) is 0 Å². The number of thiazole rings is 1. The third-order valence-corrected chi connectivity index (χ3v) is 7.28. The van der Waals surface area contributed by atoms with Crippen LogP contribution in [-0.4, -0.2) is 19.9 Å². The molecule has 0 bridgehead atoms. The normalized spacial score (nSPS) is 11.9. The van der Waals surface area contributed by atoms with Gasteiger partial charge in [-0.05, 0) is 41.4 Å². The Kier molecular flexibility index (Phi) is 5.02. The van der Waals surface area contributed by atoms with Gasteiger partial charge >= 0.3 is 0 Å². The van der Waals surface area contributed by atoms with Gasteiger partial charge in [0.15, 0.2) is 8.68 Å². The van der Waals surface area contributed by atoms with Crippen LogP contribution in [0.1, 0.15) is 10.6 Å². The van der Waals surface area contributed by atoms with Crippen molar-refractivity contribution < 1.29 is 8.42 Å². The Morgan fingerprint density at radius 2 is 2.16 bits per heavy atom. The van der Waals surface area contributed by atoms with Gasteiger partial charge in [0, 0.05) is 11.4 Å². The van der Waals surface area contributed by atoms with Crippen molar-refractivity contribution in [1.82, 2.24) is 9.71 Å². The lowest BCUT2D eigenvalue weighted by atomic mass is 10.3. The standard InChI is InChI=1S/C10H10BrClN2O2S3/c1-6-9(18-10(12)14-6)19(15,16)13-5-4-7-2-3-8(11)17-7/h2-3,13H,4-5H2,1H3. The molecule has 2 rings (SSSR count). The smallest absolute Gasteiger partial charge is 0.229 e. The molecule has 0 atom stereocenters. The maximum Gasteiger partial charge on any atom is 0.251 e. The topological polar surface area (TPSA) is 59.1 Å². The van der Waals surface area contributed by atoms with Crippen LogP contribution < -0.4 is 4.72 Å². The fraction of sp³-hybridized carbons (Fsp3) is 0.300. The molecule has 0 aromatic carbocycles. The van der Waals surface area contributed by atoms with Crippen molar-refractivity contribution in [1.29, 1.82) is 0 Å². The Labute approximate surface area is 133 Å². The quantitative estimate of drug-likeness (QED) is 0.835. The Balaban J connectivity index is 2.00. The number of hydrogen-bond donors (Lipinski definition) is 1. The first-order valence-corrected chi connectivity index (χ1v) is 9.54. The third-order valence-electron chi connectivity index (χ3n) is 2.26. The second kappa shape index (κ2) is 6.19. The van der Waals surface area contributed by atoms with Crippen molar-refractivity contribution in [3.05, 3.63) is 31.0 Å². The fourth-order valence-corrected chi connectivity index (χ4v) is 5.76. The summed E-state index contributed by atoms with van der Waals surface area (Å²) in [6.45, 7) is 1.98. The van der Waals surface area contributed by atoms with E-state index in [0.29, 0.717) is 18.7 Å². The molecule has 2 aromatic heterocycles. The van der Waals surface area contributed by atoms with Gasteiger partial charge in [-0.2, -0.15) is 0 Å². The van der Waals surface area contributed by atoms with Gasteiger partial charge in [-0.1, -0.05) is 22.9 Å². The lowest BCUT2D eigenvalue weighted by molar-refractivity contribution is 0.583. The summed E-state index contributed by atoms with van der Waals surface area (Å²) < 4.78 is 28.1. The van der Waals surface area contributed by atoms with Crippen molar-refractivity contribution in [2.45, 2.75) is 17.6 Å². The SMILES string of the molecule is Cc1nc(Cl)sc1S(=O)(=O)NCCc1ccc(Br)s1. The molecular weight excluding hydrogens is 392 g/mol. The summed E-state index contributed by atoms with van der Waals surface area (Å²) in [5.74, 6) is 0. The fourth-order valence-electron chi connectivity index (χ4n) is 1.46. The van der Waals surface area contributed by atoms with E-state index in [9.17, 15) is 8.42 Å². The average Bonchev–Trinajstić information content (AvgIpc) is 2.85. The van der Waals surface area contributed by atoms with E-state index in [1.165, 1.54) is 0 Å². The highest BCUT2D eigenvalue weighted by Gasteiger charge is 2.20. The van der Waals surface area contributed by atoms with Crippen LogP contribution in [0.5, 0.6) is 0 Å². The first-order chi connectivity index (χ1) is 8.88. The monoisotopic (exact) mass is 400 g/mol. The van der Waals surface area contributed by atoms with E-state index < -0.39 is 10.0 Å². The van der Waals surface area contributed by atoms with Gasteiger partial charge in [0.2, 0.25) is 0 Å². The molecule has 0 aliphatic rings. The minimum atomic E-state index is -3.52. The highest BCUT2D eigenvalue weighted by atomic mass is 79.9. The zero-order chi connectivity index (χ0) is 14.0. The number of thiophene rings is 1. The zero-order valence-corrected chi connectivity index (χ0v) is 14.6. The summed E-state index contributed by atoms with van der Waals surface area (Å²) in [4.78, 5) is 5.03. The molecule has 9 heteroatoms. The van der Waals surface area contributed by atoms with Crippen molar-refractivity contribution in [2.75, 3.05) is 6.54 Å². The molecule has 0 saturated heterocycles. The highest BCUT2D eigenvalue weighted by molar-refractivity contribution is 9.11. The Morgan fingerprint density at radius 1 is 1.42 bits per heavy atom. The molecule has 0 spiro atoms. The van der Waals surface area contributed by atoms with Crippen molar-refractivity contribution in [2.24, 2.45) is 0 Å². The van der Waals surface area contributed by atoms with E-state index >= 15 is 0 Å². The summed E-state index contributed by atoms with van der Waals surface area (Å²) in [5.41, 5.74) is 0.432. The van der Waals surface area contributed by atoms with Gasteiger partial charge in [0.05, 0.1) is 9.48 Å². The summed E-state index contributed by atoms with van der Waals surface area (Å²) in [7, 11) is -3.52. The number of hydrogen-bond acceptors (Lipinski definition) is 5. The molecule has 0 radical (unpaired) electrons. The van der Waals surface area contributed by atoms with E-state index in [2.05, 4.69) is 25.6 Å². The van der Waals surface area contributed by atoms with E-state index in [1.54, 1.807) is 18.3 Å². The van der Waals surface area contributed by atoms with Crippen LogP contribution in [-0.2, 0) is 16.4 Å². The highest BCUT2D eigenvalue weighted by Crippen LogP contribution is 2.26. The maximum atomic E-state index is 12.1. The largest absolute Gasteiger partial charge is 0.251 e. The lowest BCUT2D eigenvalue weighted by Gasteiger charge is -2.04. The zero-order valence-electron chi connectivity index (χ0n) is 9.81. The van der Waals surface area contributed by atoms with Crippen molar-refractivity contribution in [3.8, 4) is 0 Å². The van der Waals surface area contributed by atoms with Gasteiger partial charge in [0.1, 0.15) is 0 Å². The number of rotatable bonds is 5. The molecule has 19 heavy (non-hydrogen) atoms. The van der Waals surface area contributed by atoms with Gasteiger partial charge < -0.3 is 0 Å². The summed E-state index contributed by atoms with van der Waals surface area (Å²) >= 11 is 11.7. The number of nitrogens with one attached hydrogen (secondary N) is 1. The van der Waals surface area contributed by atoms with E-state index in [-0.39, 0.29) is 8.68 Å². The number of aryl methyl sites for hydroxylation is 1. The molecular formula is C10H10BrClN2O2S3. The molecule has 0 fully saturated rings. The van der Waals surface area contributed by atoms with Gasteiger partial charge in [-0.25, -0.2) is 18.1 Å². The van der Waals surface area contributed by atoms with Crippen LogP contribution in [0.15, 0.2) is 20.1 Å². The minimum Gasteiger partial charge on any atom is -0.229 e. The molecule has 2 aromatic rings. The molecule has 0 saturated carbocycles. The van der Waals surface area contributed by atoms with Crippen LogP contribution >= 0.6 is 50.2 Å². The Bertz CT molecular complexity index is 681. The molecule has 104 valence electrons. The Morgan fingerprint density at radius 3 is 2.68 bits per heavy atom. The van der Waals surface area contributed by atoms with Crippen LogP contribution in [0.25, 0.3) is 0 Å². The molecule has 4 nitrogen and oxygen atoms in total. The lowest BCUT2D eigenvalue weighted by Crippen LogP contribution is -2.25. The van der Waals surface area contributed by atoms with E-state index in [1.807, 2.05) is 12.1 Å². The summed E-state index contributed by atoms with van der Waals surface area (Å²) in [6, 6.07) is 3.92. The average molecular weight is 402 g/mol. The minimum absolute atomic E-state index is 0.185. The predicted molar refractivity (Wildman–Crippen MR) is 82.8 cm³/mol. The van der Waals surface area contributed by atoms with Gasteiger partial charge in [-0.3, -0.25) is 0 Å². The number of nitrogens with zero attached hydrogens (tertiary/aromatic N) is 1. The maximum absolute atomic E-state index is 12.1. The molecule has 2 heterocycles. The molecule has 0 amide bonds. The van der Waals surface area contributed by atoms with Crippen LogP contribution in [0.3, 0.4) is 0 Å². The van der Waals surface area contributed by atoms with Crippen molar-refractivity contribution in [3.63, 3.8) is 0 Å². The predicted octanol–water partition coefficient (Wildman–Crippen LogP) is 3.45. The molecule has 0 aliphatic carbocycles. The summed E-state index contributed by atoms with van der Waals surface area (Å²) in [6.07, 6.45) is 0.654. The molecule has 0 aliphatic heterocycles. The first-order valence-electron chi connectivity index (χ1n) is 5.25. The molecule has 0 unspecified atom stereocenters. The number of halogens is 2. The van der Waals surface area contributed by atoms with E-state index in [4.69, 9.17) is 11.6 Å². The second-order valence-corrected chi connectivity index (χ2v) is 9.78. The Hall–Kier alpha value is 0.01000. The van der Waals surface area contributed by atoms with E-state index in [0.717, 1.165) is 20.0 Å². The van der Waals surface area contributed by atoms with Crippen molar-refractivity contribution >= 4 is 60.2 Å². The van der Waals surface area contributed by atoms with Gasteiger partial charge in [0.25, 0.3) is 10.0 Å². The number of aromatic nitrogens is 1. The second-order valence-electron chi connectivity index (χ2n) is 3.69.